The largest absolute Gasteiger partial charge is 0.354 e. The molecule has 5 nitrogen and oxygen atoms in total. The zero-order valence-electron chi connectivity index (χ0n) is 14.2. The van der Waals surface area contributed by atoms with Crippen LogP contribution >= 0.6 is 11.3 Å². The number of hydrogen-bond acceptors (Lipinski definition) is 4. The van der Waals surface area contributed by atoms with Crippen LogP contribution in [0.3, 0.4) is 0 Å². The van der Waals surface area contributed by atoms with Crippen LogP contribution < -0.4 is 5.32 Å². The summed E-state index contributed by atoms with van der Waals surface area (Å²) in [5.41, 5.74) is 3.71. The topological polar surface area (TPSA) is 65.2 Å². The number of aromatic amines is 1. The van der Waals surface area contributed by atoms with E-state index in [1.165, 1.54) is 12.5 Å². The Bertz CT molecular complexity index is 702. The molecule has 0 unspecified atom stereocenters. The fourth-order valence-electron chi connectivity index (χ4n) is 2.85. The maximum atomic E-state index is 12.5. The molecule has 2 rings (SSSR count). The van der Waals surface area contributed by atoms with Crippen LogP contribution in [0.25, 0.3) is 0 Å². The van der Waals surface area contributed by atoms with Crippen molar-refractivity contribution in [1.82, 2.24) is 15.2 Å². The lowest BCUT2D eigenvalue weighted by atomic mass is 10.1. The molecule has 2 aromatic rings. The summed E-state index contributed by atoms with van der Waals surface area (Å²) < 4.78 is 0. The van der Waals surface area contributed by atoms with Crippen LogP contribution in [0.1, 0.15) is 50.6 Å². The van der Waals surface area contributed by atoms with Gasteiger partial charge in [0.1, 0.15) is 5.69 Å². The number of carbonyl (C=O) groups excluding carboxylic acids is 2. The minimum absolute atomic E-state index is 0.0280. The number of likely N-dealkylation sites (N-methyl/N-ethyl adjacent to an activating group) is 1. The molecule has 2 aromatic heterocycles. The normalized spacial score (nSPS) is 12.4. The predicted molar refractivity (Wildman–Crippen MR) is 93.4 cm³/mol. The summed E-state index contributed by atoms with van der Waals surface area (Å²) in [7, 11) is 3.98. The first-order valence-electron chi connectivity index (χ1n) is 7.49. The fourth-order valence-corrected chi connectivity index (χ4v) is 3.55. The number of H-pyrrole nitrogens is 1. The van der Waals surface area contributed by atoms with Crippen LogP contribution in [0, 0.1) is 13.8 Å². The van der Waals surface area contributed by atoms with Gasteiger partial charge < -0.3 is 15.2 Å². The quantitative estimate of drug-likeness (QED) is 0.799. The highest BCUT2D eigenvalue weighted by Gasteiger charge is 2.21. The summed E-state index contributed by atoms with van der Waals surface area (Å²) >= 11 is 1.64. The van der Waals surface area contributed by atoms with Crippen LogP contribution in [-0.2, 0) is 0 Å². The molecule has 0 aliphatic heterocycles. The lowest BCUT2D eigenvalue weighted by Crippen LogP contribution is -2.34. The Balaban J connectivity index is 2.13. The van der Waals surface area contributed by atoms with Crippen molar-refractivity contribution in [2.24, 2.45) is 0 Å². The monoisotopic (exact) mass is 333 g/mol. The number of Topliss-reactive ketones (excluding diaryl/α,β-unsaturated/α-hetero) is 1. The SMILES string of the molecule is CC(=O)c1c(C)[nH]c(C(=O)NC[C@@H](c2ccsc2)N(C)C)c1C. The number of rotatable bonds is 6. The van der Waals surface area contributed by atoms with E-state index < -0.39 is 0 Å². The van der Waals surface area contributed by atoms with Gasteiger partial charge in [0.15, 0.2) is 5.78 Å². The Morgan fingerprint density at radius 2 is 2.04 bits per heavy atom. The number of nitrogens with one attached hydrogen (secondary N) is 2. The first-order valence-corrected chi connectivity index (χ1v) is 8.44. The number of aryl methyl sites for hydroxylation is 1. The number of hydrogen-bond donors (Lipinski definition) is 2. The van der Waals surface area contributed by atoms with Gasteiger partial charge >= 0.3 is 0 Å². The molecule has 0 bridgehead atoms. The number of nitrogens with zero attached hydrogens (tertiary/aromatic N) is 1. The van der Waals surface area contributed by atoms with Crippen molar-refractivity contribution in [3.05, 3.63) is 44.9 Å². The predicted octanol–water partition coefficient (Wildman–Crippen LogP) is 2.93. The van der Waals surface area contributed by atoms with Gasteiger partial charge in [0.05, 0.1) is 6.04 Å². The summed E-state index contributed by atoms with van der Waals surface area (Å²) in [5.74, 6) is -0.208. The minimum atomic E-state index is -0.180. The van der Waals surface area contributed by atoms with E-state index in [4.69, 9.17) is 0 Å². The van der Waals surface area contributed by atoms with E-state index in [2.05, 4.69) is 26.6 Å². The highest BCUT2D eigenvalue weighted by molar-refractivity contribution is 7.07. The Hall–Kier alpha value is -1.92. The van der Waals surface area contributed by atoms with E-state index in [9.17, 15) is 9.59 Å². The minimum Gasteiger partial charge on any atom is -0.354 e. The van der Waals surface area contributed by atoms with Crippen molar-refractivity contribution < 1.29 is 9.59 Å². The number of amides is 1. The number of thiophene rings is 1. The van der Waals surface area contributed by atoms with Gasteiger partial charge in [-0.25, -0.2) is 0 Å². The van der Waals surface area contributed by atoms with Gasteiger partial charge in [-0.1, -0.05) is 0 Å². The van der Waals surface area contributed by atoms with Crippen molar-refractivity contribution in [2.45, 2.75) is 26.8 Å². The van der Waals surface area contributed by atoms with Gasteiger partial charge in [0, 0.05) is 17.8 Å². The van der Waals surface area contributed by atoms with Crippen molar-refractivity contribution in [1.29, 1.82) is 0 Å². The molecule has 124 valence electrons. The molecule has 0 aliphatic rings. The lowest BCUT2D eigenvalue weighted by Gasteiger charge is -2.24. The molecule has 0 spiro atoms. The van der Waals surface area contributed by atoms with Gasteiger partial charge in [0.25, 0.3) is 5.91 Å². The third-order valence-electron chi connectivity index (χ3n) is 4.02. The van der Waals surface area contributed by atoms with Crippen LogP contribution in [0.4, 0.5) is 0 Å². The average Bonchev–Trinajstić information content (AvgIpc) is 3.06. The average molecular weight is 333 g/mol. The Morgan fingerprint density at radius 3 is 2.52 bits per heavy atom. The van der Waals surface area contributed by atoms with E-state index >= 15 is 0 Å². The summed E-state index contributed by atoms with van der Waals surface area (Å²) in [4.78, 5) is 29.3. The second-order valence-corrected chi connectivity index (χ2v) is 6.71. The standard InChI is InChI=1S/C17H23N3O2S/c1-10-15(12(3)21)11(2)19-16(10)17(22)18-8-14(20(4)5)13-6-7-23-9-13/h6-7,9,14,19H,8H2,1-5H3,(H,18,22)/t14-/m0/s1. The molecule has 1 amide bonds. The van der Waals surface area contributed by atoms with E-state index in [0.717, 1.165) is 5.69 Å². The zero-order chi connectivity index (χ0) is 17.1. The first-order chi connectivity index (χ1) is 10.8. The number of carbonyl (C=O) groups is 2. The third kappa shape index (κ3) is 3.71. The highest BCUT2D eigenvalue weighted by atomic mass is 32.1. The van der Waals surface area contributed by atoms with Crippen LogP contribution in [-0.4, -0.2) is 42.2 Å². The second-order valence-electron chi connectivity index (χ2n) is 5.93. The fraction of sp³-hybridized carbons (Fsp3) is 0.412. The summed E-state index contributed by atoms with van der Waals surface area (Å²) in [6.07, 6.45) is 0. The van der Waals surface area contributed by atoms with E-state index in [1.807, 2.05) is 26.4 Å². The van der Waals surface area contributed by atoms with Crippen LogP contribution in [0.15, 0.2) is 16.8 Å². The molecule has 1 atom stereocenters. The molecular formula is C17H23N3O2S. The maximum Gasteiger partial charge on any atom is 0.268 e. The zero-order valence-corrected chi connectivity index (χ0v) is 15.0. The molecule has 0 radical (unpaired) electrons. The molecule has 2 heterocycles. The molecule has 2 N–H and O–H groups in total. The summed E-state index contributed by atoms with van der Waals surface area (Å²) in [6, 6.07) is 2.19. The van der Waals surface area contributed by atoms with Crippen LogP contribution in [0.5, 0.6) is 0 Å². The van der Waals surface area contributed by atoms with Gasteiger partial charge in [-0.15, -0.1) is 0 Å². The van der Waals surface area contributed by atoms with Crippen molar-refractivity contribution in [3.8, 4) is 0 Å². The first kappa shape index (κ1) is 17.4. The van der Waals surface area contributed by atoms with Gasteiger partial charge in [0.2, 0.25) is 0 Å². The number of aromatic nitrogens is 1. The van der Waals surface area contributed by atoms with E-state index in [-0.39, 0.29) is 17.7 Å². The molecule has 0 fully saturated rings. The van der Waals surface area contributed by atoms with Gasteiger partial charge in [-0.3, -0.25) is 9.59 Å². The van der Waals surface area contributed by atoms with E-state index in [0.29, 0.717) is 23.4 Å². The molecule has 6 heteroatoms. The molecule has 0 saturated heterocycles. The Morgan fingerprint density at radius 1 is 1.35 bits per heavy atom. The van der Waals surface area contributed by atoms with Crippen molar-refractivity contribution in [3.63, 3.8) is 0 Å². The summed E-state index contributed by atoms with van der Waals surface area (Å²) in [6.45, 7) is 5.64. The van der Waals surface area contributed by atoms with Crippen LogP contribution in [0.2, 0.25) is 0 Å². The molecular weight excluding hydrogens is 310 g/mol. The van der Waals surface area contributed by atoms with Crippen molar-refractivity contribution >= 4 is 23.0 Å². The Kier molecular flexibility index (Phi) is 5.38. The molecule has 0 aliphatic carbocycles. The van der Waals surface area contributed by atoms with Crippen molar-refractivity contribution in [2.75, 3.05) is 20.6 Å². The lowest BCUT2D eigenvalue weighted by molar-refractivity contribution is 0.0936. The summed E-state index contributed by atoms with van der Waals surface area (Å²) in [5, 5.41) is 7.10. The maximum absolute atomic E-state index is 12.5. The number of ketones is 1. The van der Waals surface area contributed by atoms with Gasteiger partial charge in [-0.2, -0.15) is 11.3 Å². The molecule has 23 heavy (non-hydrogen) atoms. The molecule has 0 saturated carbocycles. The second kappa shape index (κ2) is 7.10. The van der Waals surface area contributed by atoms with E-state index in [1.54, 1.807) is 18.3 Å². The van der Waals surface area contributed by atoms with Gasteiger partial charge in [-0.05, 0) is 62.8 Å². The highest BCUT2D eigenvalue weighted by Crippen LogP contribution is 2.21. The molecule has 0 aromatic carbocycles. The smallest absolute Gasteiger partial charge is 0.268 e. The Labute approximate surface area is 140 Å². The third-order valence-corrected chi connectivity index (χ3v) is 4.73.